The number of aryl methyl sites for hydroxylation is 1. The van der Waals surface area contributed by atoms with E-state index in [0.717, 1.165) is 52.6 Å². The summed E-state index contributed by atoms with van der Waals surface area (Å²) in [6.07, 6.45) is 3.49. The van der Waals surface area contributed by atoms with Crippen molar-refractivity contribution in [2.75, 3.05) is 13.1 Å². The van der Waals surface area contributed by atoms with Crippen LogP contribution < -0.4 is 0 Å². The second-order valence-electron chi connectivity index (χ2n) is 7.89. The summed E-state index contributed by atoms with van der Waals surface area (Å²) in [5.41, 5.74) is 4.41. The van der Waals surface area contributed by atoms with Gasteiger partial charge in [-0.2, -0.15) is 0 Å². The van der Waals surface area contributed by atoms with Crippen LogP contribution in [0.5, 0.6) is 0 Å². The van der Waals surface area contributed by atoms with Crippen LogP contribution in [-0.4, -0.2) is 38.4 Å². The highest BCUT2D eigenvalue weighted by Crippen LogP contribution is 2.31. The van der Waals surface area contributed by atoms with Crippen LogP contribution in [0.4, 0.5) is 0 Å². The molecule has 1 aliphatic rings. The molecule has 4 heterocycles. The summed E-state index contributed by atoms with van der Waals surface area (Å²) in [5, 5.41) is 0. The minimum atomic E-state index is 0.0845. The molecule has 1 fully saturated rings. The maximum absolute atomic E-state index is 13.3. The first-order chi connectivity index (χ1) is 14.6. The zero-order valence-electron chi connectivity index (χ0n) is 17.2. The molecule has 1 amide bonds. The van der Waals surface area contributed by atoms with Crippen molar-refractivity contribution >= 4 is 17.0 Å². The maximum Gasteiger partial charge on any atom is 0.255 e. The van der Waals surface area contributed by atoms with Gasteiger partial charge in [-0.15, -0.1) is 0 Å². The molecule has 0 unspecified atom stereocenters. The Morgan fingerprint density at radius 2 is 1.83 bits per heavy atom. The van der Waals surface area contributed by atoms with Gasteiger partial charge in [0.25, 0.3) is 5.91 Å². The average Bonchev–Trinajstić information content (AvgIpc) is 3.34. The van der Waals surface area contributed by atoms with Crippen LogP contribution in [0.3, 0.4) is 0 Å². The highest BCUT2D eigenvalue weighted by atomic mass is 16.3. The third kappa shape index (κ3) is 3.18. The number of rotatable bonds is 3. The molecule has 6 nitrogen and oxygen atoms in total. The summed E-state index contributed by atoms with van der Waals surface area (Å²) < 4.78 is 7.99. The Kier molecular flexibility index (Phi) is 4.62. The van der Waals surface area contributed by atoms with Crippen molar-refractivity contribution < 1.29 is 9.21 Å². The Balaban J connectivity index is 1.32. The summed E-state index contributed by atoms with van der Waals surface area (Å²) in [4.78, 5) is 24.3. The van der Waals surface area contributed by atoms with Crippen molar-refractivity contribution in [3.05, 3.63) is 77.6 Å². The number of carbonyl (C=O) groups is 1. The Hall–Kier alpha value is -3.41. The van der Waals surface area contributed by atoms with E-state index in [1.54, 1.807) is 6.20 Å². The number of fused-ring (bicyclic) bond motifs is 1. The smallest absolute Gasteiger partial charge is 0.255 e. The minimum absolute atomic E-state index is 0.0845. The summed E-state index contributed by atoms with van der Waals surface area (Å²) >= 11 is 0. The number of pyridine rings is 1. The molecule has 0 N–H and O–H groups in total. The van der Waals surface area contributed by atoms with Crippen LogP contribution >= 0.6 is 0 Å². The second kappa shape index (κ2) is 7.44. The van der Waals surface area contributed by atoms with Gasteiger partial charge in [-0.05, 0) is 57.0 Å². The largest absolute Gasteiger partial charge is 0.440 e. The van der Waals surface area contributed by atoms with E-state index in [0.29, 0.717) is 13.1 Å². The lowest BCUT2D eigenvalue weighted by Gasteiger charge is -2.30. The fourth-order valence-electron chi connectivity index (χ4n) is 4.38. The normalized spacial score (nSPS) is 15.1. The minimum Gasteiger partial charge on any atom is -0.440 e. The van der Waals surface area contributed by atoms with Crippen molar-refractivity contribution in [2.45, 2.75) is 32.6 Å². The van der Waals surface area contributed by atoms with Crippen LogP contribution in [0, 0.1) is 13.8 Å². The van der Waals surface area contributed by atoms with Crippen LogP contribution in [0.1, 0.15) is 46.4 Å². The van der Waals surface area contributed by atoms with E-state index < -0.39 is 0 Å². The Labute approximate surface area is 175 Å². The van der Waals surface area contributed by atoms with Crippen molar-refractivity contribution in [3.8, 4) is 5.82 Å². The predicted octanol–water partition coefficient (Wildman–Crippen LogP) is 4.65. The lowest BCUT2D eigenvalue weighted by molar-refractivity contribution is 0.0706. The van der Waals surface area contributed by atoms with Crippen LogP contribution in [-0.2, 0) is 0 Å². The van der Waals surface area contributed by atoms with E-state index in [-0.39, 0.29) is 11.8 Å². The molecule has 4 aromatic rings. The Bertz CT molecular complexity index is 1170. The maximum atomic E-state index is 13.3. The van der Waals surface area contributed by atoms with Crippen molar-refractivity contribution in [1.29, 1.82) is 0 Å². The number of piperidine rings is 1. The van der Waals surface area contributed by atoms with E-state index >= 15 is 0 Å². The number of amides is 1. The van der Waals surface area contributed by atoms with E-state index in [9.17, 15) is 4.79 Å². The van der Waals surface area contributed by atoms with Gasteiger partial charge < -0.3 is 13.9 Å². The van der Waals surface area contributed by atoms with E-state index in [1.165, 1.54) is 0 Å². The molecular formula is C24H24N4O2. The molecule has 0 atom stereocenters. The van der Waals surface area contributed by atoms with E-state index in [4.69, 9.17) is 4.42 Å². The number of aromatic nitrogens is 3. The number of carbonyl (C=O) groups excluding carboxylic acids is 1. The third-order valence-corrected chi connectivity index (χ3v) is 5.98. The fraction of sp³-hybridized carbons (Fsp3) is 0.292. The van der Waals surface area contributed by atoms with Gasteiger partial charge in [-0.25, -0.2) is 9.97 Å². The van der Waals surface area contributed by atoms with Crippen LogP contribution in [0.2, 0.25) is 0 Å². The van der Waals surface area contributed by atoms with Gasteiger partial charge in [0.05, 0.1) is 5.56 Å². The van der Waals surface area contributed by atoms with Gasteiger partial charge in [0.2, 0.25) is 0 Å². The molecule has 0 bridgehead atoms. The highest BCUT2D eigenvalue weighted by Gasteiger charge is 2.29. The molecule has 1 saturated heterocycles. The molecule has 0 saturated carbocycles. The summed E-state index contributed by atoms with van der Waals surface area (Å²) in [6, 6.07) is 15.6. The van der Waals surface area contributed by atoms with Crippen molar-refractivity contribution in [1.82, 2.24) is 19.4 Å². The molecule has 6 heteroatoms. The molecule has 3 aromatic heterocycles. The van der Waals surface area contributed by atoms with Gasteiger partial charge >= 0.3 is 0 Å². The van der Waals surface area contributed by atoms with E-state index in [2.05, 4.69) is 9.97 Å². The van der Waals surface area contributed by atoms with Gasteiger partial charge in [-0.3, -0.25) is 4.79 Å². The van der Waals surface area contributed by atoms with E-state index in [1.807, 2.05) is 71.8 Å². The molecule has 30 heavy (non-hydrogen) atoms. The Morgan fingerprint density at radius 3 is 2.57 bits per heavy atom. The predicted molar refractivity (Wildman–Crippen MR) is 115 cm³/mol. The number of benzene rings is 1. The standard InChI is InChI=1S/C24H24N4O2/c1-16-15-19(17(2)28(16)22-9-5-6-12-25-22)24(29)27-13-10-18(11-14-27)23-26-20-7-3-4-8-21(20)30-23/h3-9,12,15,18H,10-11,13-14H2,1-2H3. The first-order valence-corrected chi connectivity index (χ1v) is 10.4. The zero-order chi connectivity index (χ0) is 20.7. The number of likely N-dealkylation sites (tertiary alicyclic amines) is 1. The molecular weight excluding hydrogens is 376 g/mol. The first kappa shape index (κ1) is 18.6. The molecule has 5 rings (SSSR count). The molecule has 1 aromatic carbocycles. The number of nitrogens with zero attached hydrogens (tertiary/aromatic N) is 4. The molecule has 0 radical (unpaired) electrons. The highest BCUT2D eigenvalue weighted by molar-refractivity contribution is 5.96. The zero-order valence-corrected chi connectivity index (χ0v) is 17.2. The van der Waals surface area contributed by atoms with Crippen molar-refractivity contribution in [3.63, 3.8) is 0 Å². The van der Waals surface area contributed by atoms with Gasteiger partial charge in [0, 0.05) is 36.6 Å². The van der Waals surface area contributed by atoms with Crippen LogP contribution in [0.25, 0.3) is 16.9 Å². The number of hydrogen-bond donors (Lipinski definition) is 0. The summed E-state index contributed by atoms with van der Waals surface area (Å²) in [7, 11) is 0. The van der Waals surface area contributed by atoms with Gasteiger partial charge in [-0.1, -0.05) is 18.2 Å². The van der Waals surface area contributed by atoms with Gasteiger partial charge in [0.1, 0.15) is 11.3 Å². The molecule has 0 aliphatic carbocycles. The molecule has 0 spiro atoms. The molecule has 1 aliphatic heterocycles. The van der Waals surface area contributed by atoms with Crippen molar-refractivity contribution in [2.24, 2.45) is 0 Å². The second-order valence-corrected chi connectivity index (χ2v) is 7.89. The topological polar surface area (TPSA) is 64.2 Å². The summed E-state index contributed by atoms with van der Waals surface area (Å²) in [5.74, 6) is 1.96. The fourth-order valence-corrected chi connectivity index (χ4v) is 4.38. The lowest BCUT2D eigenvalue weighted by Crippen LogP contribution is -2.38. The third-order valence-electron chi connectivity index (χ3n) is 5.98. The number of para-hydroxylation sites is 2. The van der Waals surface area contributed by atoms with Crippen LogP contribution in [0.15, 0.2) is 59.1 Å². The summed E-state index contributed by atoms with van der Waals surface area (Å²) in [6.45, 7) is 5.41. The first-order valence-electron chi connectivity index (χ1n) is 10.4. The molecule has 152 valence electrons. The monoisotopic (exact) mass is 400 g/mol. The SMILES string of the molecule is Cc1cc(C(=O)N2CCC(c3nc4ccccc4o3)CC2)c(C)n1-c1ccccn1. The average molecular weight is 400 g/mol. The Morgan fingerprint density at radius 1 is 1.07 bits per heavy atom. The quantitative estimate of drug-likeness (QED) is 0.502. The number of hydrogen-bond acceptors (Lipinski definition) is 4. The number of oxazole rings is 1. The lowest BCUT2D eigenvalue weighted by atomic mass is 9.96. The van der Waals surface area contributed by atoms with Gasteiger partial charge in [0.15, 0.2) is 11.5 Å².